The topological polar surface area (TPSA) is 505 Å². The number of phenols is 3. The lowest BCUT2D eigenvalue weighted by atomic mass is 9.99. The minimum Gasteiger partial charge on any atom is -0.508 e. The molecule has 0 unspecified atom stereocenters. The van der Waals surface area contributed by atoms with Crippen LogP contribution in [-0.2, 0) is 115 Å². The number of aliphatic carboxylic acids is 1. The van der Waals surface area contributed by atoms with Crippen LogP contribution >= 0.6 is 11.8 Å². The number of carbonyl (C=O) groups excluding carboxylic acids is 15. The monoisotopic (exact) mass is 1770 g/mol. The van der Waals surface area contributed by atoms with Gasteiger partial charge in [-0.2, -0.15) is 0 Å². The number of phenolic OH excluding ortho intramolecular Hbond substituents is 3. The van der Waals surface area contributed by atoms with Gasteiger partial charge in [-0.05, 0) is 95.0 Å². The fourth-order valence-electron chi connectivity index (χ4n) is 14.4. The zero-order valence-electron chi connectivity index (χ0n) is 72.8. The Morgan fingerprint density at radius 2 is 0.787 bits per heavy atom. The summed E-state index contributed by atoms with van der Waals surface area (Å²) in [5.74, 6) is -17.0. The maximum atomic E-state index is 15.5. The van der Waals surface area contributed by atoms with Crippen LogP contribution in [0.2, 0.25) is 0 Å². The van der Waals surface area contributed by atoms with Gasteiger partial charge in [0.05, 0.1) is 31.8 Å². The normalized spacial score (nSPS) is 22.0. The zero-order chi connectivity index (χ0) is 93.1. The second-order valence-corrected chi connectivity index (χ2v) is 33.0. The Morgan fingerprint density at radius 3 is 1.26 bits per heavy atom. The number of thioether (sulfide) groups is 1. The van der Waals surface area contributed by atoms with Gasteiger partial charge in [-0.15, -0.1) is 11.8 Å². The number of carboxylic acid groups (broad SMARTS) is 1. The lowest BCUT2D eigenvalue weighted by Gasteiger charge is -2.37. The first-order chi connectivity index (χ1) is 60.4. The average molecular weight is 1770 g/mol. The number of nitrogens with one attached hydrogen (secondary N) is 9. The first-order valence-corrected chi connectivity index (χ1v) is 43.1. The fourth-order valence-corrected chi connectivity index (χ4v) is 15.2. The van der Waals surface area contributed by atoms with Gasteiger partial charge in [0.15, 0.2) is 0 Å². The molecule has 36 heteroatoms. The Balaban J connectivity index is 1.33. The highest BCUT2D eigenvalue weighted by Crippen LogP contribution is 2.23. The lowest BCUT2D eigenvalue weighted by molar-refractivity contribution is -0.151. The van der Waals surface area contributed by atoms with Crippen molar-refractivity contribution in [2.75, 3.05) is 66.4 Å². The van der Waals surface area contributed by atoms with E-state index in [1.807, 2.05) is 6.92 Å². The molecule has 0 aliphatic carbocycles. The minimum atomic E-state index is -1.90. The van der Waals surface area contributed by atoms with Crippen LogP contribution in [0, 0.1) is 5.92 Å². The molecule has 6 aromatic carbocycles. The third-order valence-corrected chi connectivity index (χ3v) is 22.3. The van der Waals surface area contributed by atoms with Crippen LogP contribution in [0.5, 0.6) is 17.2 Å². The Morgan fingerprint density at radius 1 is 0.409 bits per heavy atom. The van der Waals surface area contributed by atoms with E-state index < -0.39 is 199 Å². The van der Waals surface area contributed by atoms with Crippen molar-refractivity contribution in [3.8, 4) is 17.2 Å². The van der Waals surface area contributed by atoms with E-state index in [-0.39, 0.29) is 87.4 Å². The Bertz CT molecular complexity index is 4770. The van der Waals surface area contributed by atoms with E-state index in [0.29, 0.717) is 46.2 Å². The molecule has 0 bridgehead atoms. The summed E-state index contributed by atoms with van der Waals surface area (Å²) >= 11 is 0.819. The molecule has 15 N–H and O–H groups in total. The molecule has 0 aromatic heterocycles. The number of aromatic hydroxyl groups is 3. The van der Waals surface area contributed by atoms with Crippen molar-refractivity contribution >= 4 is 106 Å². The first-order valence-electron chi connectivity index (χ1n) is 41.9. The number of nitrogens with two attached hydrogens (primary N) is 1. The van der Waals surface area contributed by atoms with Crippen LogP contribution in [0.25, 0.3) is 0 Å². The predicted molar refractivity (Wildman–Crippen MR) is 472 cm³/mol. The molecule has 15 amide bonds. The van der Waals surface area contributed by atoms with E-state index in [1.165, 1.54) is 113 Å². The zero-order valence-corrected chi connectivity index (χ0v) is 73.6. The molecule has 0 saturated carbocycles. The Hall–Kier alpha value is -13.4. The van der Waals surface area contributed by atoms with Gasteiger partial charge in [0.25, 0.3) is 0 Å². The summed E-state index contributed by atoms with van der Waals surface area (Å²) in [6.45, 7) is 4.67. The molecule has 11 atom stereocenters. The largest absolute Gasteiger partial charge is 0.508 e. The number of amides is 15. The van der Waals surface area contributed by atoms with Crippen LogP contribution in [0.1, 0.15) is 106 Å². The standard InChI is InChI=1S/C91H117N15O20S/c1-10-12-29-73-90(125)103(6)52-78(112)95-69(49-80(114)115)85(120)97-65(22-11-2)88(123)105(8)74(47-57-25-18-14-19-26-57)86(121)100-70(46-61-34-40-64(109)41-35-61)87(122)102(5)51-77(111)94-67(43-59-30-36-62(107)37-31-59)83(118)99-68(44-60-32-38-63(108)39-33-60)84(119)98-66(42-55(3)4)82(117)101-72(81(116)93-50-76(92)110)53-127-54-79(113)96-71(45-56-23-16-13-17-24-56)89(124)106(9)75(91(126)104(73)7)48-58-27-20-15-21-28-58/h13-21,23-28,30-41,55,65-75,107-109H,10-12,22,29,42-54H2,1-9H3,(H2,92,110)(H,93,116)(H,94,111)(H,95,112)(H,96,113)(H,97,120)(H,98,119)(H,99,118)(H,100,121)(H,101,117)(H,114,115)/t65-,66-,67-,68-,69-,70-,71-,72-,73-,74-,75-/m0/s1. The number of nitrogens with zero attached hydrogens (tertiary/aromatic N) is 5. The smallest absolute Gasteiger partial charge is 0.305 e. The Labute approximate surface area is 742 Å². The van der Waals surface area contributed by atoms with Gasteiger partial charge in [-0.25, -0.2) is 0 Å². The number of unbranched alkanes of at least 4 members (excludes halogenated alkanes) is 1. The minimum absolute atomic E-state index is 0.0288. The highest BCUT2D eigenvalue weighted by atomic mass is 32.2. The molecule has 682 valence electrons. The number of primary amides is 1. The van der Waals surface area contributed by atoms with Crippen molar-refractivity contribution in [3.63, 3.8) is 0 Å². The second-order valence-electron chi connectivity index (χ2n) is 32.0. The number of carbonyl (C=O) groups is 16. The molecule has 35 nitrogen and oxygen atoms in total. The number of carboxylic acids is 1. The van der Waals surface area contributed by atoms with Crippen molar-refractivity contribution in [1.29, 1.82) is 0 Å². The molecule has 1 saturated heterocycles. The van der Waals surface area contributed by atoms with Crippen molar-refractivity contribution in [1.82, 2.24) is 72.4 Å². The van der Waals surface area contributed by atoms with Gasteiger partial charge in [0.2, 0.25) is 88.6 Å². The predicted octanol–water partition coefficient (Wildman–Crippen LogP) is 1.69. The van der Waals surface area contributed by atoms with Gasteiger partial charge in [0, 0.05) is 79.5 Å². The molecule has 0 radical (unpaired) electrons. The van der Waals surface area contributed by atoms with Crippen molar-refractivity contribution in [2.24, 2.45) is 11.7 Å². The summed E-state index contributed by atoms with van der Waals surface area (Å²) in [5, 5.41) is 64.9. The van der Waals surface area contributed by atoms with Crippen LogP contribution in [0.15, 0.2) is 164 Å². The molecule has 7 rings (SSSR count). The van der Waals surface area contributed by atoms with Gasteiger partial charge >= 0.3 is 5.97 Å². The number of likely N-dealkylation sites (N-methyl/N-ethyl adjacent to an activating group) is 5. The number of hydrogen-bond acceptors (Lipinski definition) is 20. The van der Waals surface area contributed by atoms with Crippen molar-refractivity contribution in [3.05, 3.63) is 197 Å². The number of rotatable bonds is 24. The molecule has 1 aliphatic rings. The maximum absolute atomic E-state index is 15.5. The van der Waals surface area contributed by atoms with Crippen LogP contribution in [-0.4, -0.2) is 272 Å². The third kappa shape index (κ3) is 32.3. The van der Waals surface area contributed by atoms with E-state index in [4.69, 9.17) is 5.73 Å². The van der Waals surface area contributed by atoms with E-state index >= 15 is 33.6 Å². The molecule has 127 heavy (non-hydrogen) atoms. The van der Waals surface area contributed by atoms with Crippen LogP contribution < -0.4 is 53.6 Å². The molecule has 6 aromatic rings. The van der Waals surface area contributed by atoms with Gasteiger partial charge in [0.1, 0.15) is 83.7 Å². The van der Waals surface area contributed by atoms with Gasteiger partial charge in [-0.1, -0.05) is 174 Å². The quantitative estimate of drug-likeness (QED) is 0.0410. The maximum Gasteiger partial charge on any atom is 0.305 e. The van der Waals surface area contributed by atoms with E-state index in [0.717, 1.165) is 31.4 Å². The molecule has 0 spiro atoms. The average Bonchev–Trinajstić information content (AvgIpc) is 0.825. The third-order valence-electron chi connectivity index (χ3n) is 21.3. The molecule has 1 fully saturated rings. The van der Waals surface area contributed by atoms with E-state index in [9.17, 15) is 63.6 Å². The van der Waals surface area contributed by atoms with Crippen molar-refractivity contribution < 1.29 is 97.1 Å². The molecule has 1 aliphatic heterocycles. The lowest BCUT2D eigenvalue weighted by Crippen LogP contribution is -2.60. The molecular weight excluding hydrogens is 1660 g/mol. The highest BCUT2D eigenvalue weighted by Gasteiger charge is 2.42. The van der Waals surface area contributed by atoms with Gasteiger partial charge < -0.3 is 98.5 Å². The molecule has 1 heterocycles. The summed E-state index contributed by atoms with van der Waals surface area (Å²) in [6.07, 6.45) is -1.55. The summed E-state index contributed by atoms with van der Waals surface area (Å²) in [6, 6.07) is 25.5. The first kappa shape index (κ1) is 101. The summed E-state index contributed by atoms with van der Waals surface area (Å²) in [7, 11) is 6.49. The van der Waals surface area contributed by atoms with Gasteiger partial charge in [-0.3, -0.25) is 76.7 Å². The summed E-state index contributed by atoms with van der Waals surface area (Å²) in [5.41, 5.74) is 8.25. The number of hydrogen-bond donors (Lipinski definition) is 14. The SMILES string of the molecule is CCCC[C@H]1C(=O)N(C)CC(=O)N[C@@H](CC(=O)O)C(=O)N[C@@H](CCC)C(=O)N(C)[C@@H](Cc2ccccc2)C(=O)N[C@@H](Cc2ccc(O)cc2)C(=O)N(C)CC(=O)N[C@@H](Cc2ccc(O)cc2)C(=O)N[C@@H](Cc2ccc(O)cc2)C(=O)N[C@@H](CC(C)C)C(=O)N[C@H](C(=O)NCC(N)=O)CSCC(=O)N[C@@H](Cc2ccccc2)C(=O)N(C)[C@@H](Cc2ccccc2)C(=O)N1C. The van der Waals surface area contributed by atoms with Crippen molar-refractivity contribution in [2.45, 2.75) is 178 Å². The van der Waals surface area contributed by atoms with E-state index in [1.54, 1.807) is 112 Å². The Kier molecular flexibility index (Phi) is 39.6. The summed E-state index contributed by atoms with van der Waals surface area (Å²) in [4.78, 5) is 239. The van der Waals surface area contributed by atoms with Crippen LogP contribution in [0.4, 0.5) is 0 Å². The second kappa shape index (κ2) is 49.9. The molecular formula is C91H117N15O20S. The summed E-state index contributed by atoms with van der Waals surface area (Å²) < 4.78 is 0. The highest BCUT2D eigenvalue weighted by molar-refractivity contribution is 8.00. The van der Waals surface area contributed by atoms with E-state index in [2.05, 4.69) is 47.9 Å². The van der Waals surface area contributed by atoms with Crippen LogP contribution in [0.3, 0.4) is 0 Å². The fraction of sp³-hybridized carbons (Fsp3) is 0.429. The number of benzene rings is 6.